The SMILES string of the molecule is COc1ccc(F)cc1/C(O)=C1/C(=O)C(=O)N(c2ccc(F)cc2F)C1c1cccs1. The summed E-state index contributed by atoms with van der Waals surface area (Å²) in [5, 5.41) is 12.7. The van der Waals surface area contributed by atoms with Crippen molar-refractivity contribution in [2.24, 2.45) is 0 Å². The molecule has 1 N–H and O–H groups in total. The molecule has 1 atom stereocenters. The van der Waals surface area contributed by atoms with Crippen molar-refractivity contribution in [3.8, 4) is 5.75 Å². The van der Waals surface area contributed by atoms with Gasteiger partial charge in [-0.2, -0.15) is 0 Å². The van der Waals surface area contributed by atoms with Crippen molar-refractivity contribution < 1.29 is 32.6 Å². The molecule has 3 aromatic rings. The van der Waals surface area contributed by atoms with Crippen LogP contribution < -0.4 is 9.64 Å². The summed E-state index contributed by atoms with van der Waals surface area (Å²) in [6.07, 6.45) is 0. The number of hydrogen-bond donors (Lipinski definition) is 1. The number of hydrogen-bond acceptors (Lipinski definition) is 5. The number of Topliss-reactive ketones (excluding diaryl/α,β-unsaturated/α-hetero) is 1. The summed E-state index contributed by atoms with van der Waals surface area (Å²) in [5.41, 5.74) is -0.825. The van der Waals surface area contributed by atoms with Gasteiger partial charge in [0, 0.05) is 10.9 Å². The van der Waals surface area contributed by atoms with E-state index in [1.54, 1.807) is 17.5 Å². The molecule has 1 amide bonds. The maximum Gasteiger partial charge on any atom is 0.300 e. The average molecular weight is 445 g/mol. The Morgan fingerprint density at radius 2 is 1.77 bits per heavy atom. The Morgan fingerprint density at radius 3 is 2.42 bits per heavy atom. The van der Waals surface area contributed by atoms with Crippen LogP contribution in [0.15, 0.2) is 59.5 Å². The van der Waals surface area contributed by atoms with Crippen molar-refractivity contribution in [1.29, 1.82) is 0 Å². The number of nitrogens with zero attached hydrogens (tertiary/aromatic N) is 1. The van der Waals surface area contributed by atoms with E-state index in [9.17, 15) is 27.9 Å². The van der Waals surface area contributed by atoms with Crippen LogP contribution in [0.4, 0.5) is 18.9 Å². The molecule has 1 fully saturated rings. The van der Waals surface area contributed by atoms with Crippen molar-refractivity contribution >= 4 is 34.5 Å². The van der Waals surface area contributed by atoms with Crippen molar-refractivity contribution in [3.63, 3.8) is 0 Å². The summed E-state index contributed by atoms with van der Waals surface area (Å²) in [6, 6.07) is 7.99. The standard InChI is InChI=1S/C22H14F3NO4S/c1-30-16-7-5-11(23)9-13(16)20(27)18-19(17-3-2-8-31-17)26(22(29)21(18)28)15-6-4-12(24)10-14(15)25/h2-10,19,27H,1H3/b20-18-. The minimum Gasteiger partial charge on any atom is -0.507 e. The quantitative estimate of drug-likeness (QED) is 0.356. The summed E-state index contributed by atoms with van der Waals surface area (Å²) in [7, 11) is 1.30. The van der Waals surface area contributed by atoms with Gasteiger partial charge in [-0.3, -0.25) is 14.5 Å². The monoisotopic (exact) mass is 445 g/mol. The Kier molecular flexibility index (Phi) is 5.28. The first-order valence-corrected chi connectivity index (χ1v) is 9.84. The third-order valence-corrected chi connectivity index (χ3v) is 5.77. The van der Waals surface area contributed by atoms with Gasteiger partial charge in [-0.05, 0) is 41.8 Å². The Morgan fingerprint density at radius 1 is 1.06 bits per heavy atom. The summed E-state index contributed by atoms with van der Waals surface area (Å²) >= 11 is 1.17. The number of anilines is 1. The number of thiophene rings is 1. The van der Waals surface area contributed by atoms with Gasteiger partial charge >= 0.3 is 0 Å². The topological polar surface area (TPSA) is 66.8 Å². The molecule has 1 aliphatic heterocycles. The molecule has 9 heteroatoms. The van der Waals surface area contributed by atoms with Crippen LogP contribution in [0, 0.1) is 17.5 Å². The van der Waals surface area contributed by atoms with Gasteiger partial charge in [-0.25, -0.2) is 13.2 Å². The Hall–Kier alpha value is -3.59. The maximum absolute atomic E-state index is 14.6. The van der Waals surface area contributed by atoms with E-state index in [1.165, 1.54) is 24.5 Å². The zero-order valence-electron chi connectivity index (χ0n) is 15.9. The second kappa shape index (κ2) is 7.92. The van der Waals surface area contributed by atoms with E-state index in [0.717, 1.165) is 29.2 Å². The number of aliphatic hydroxyl groups is 1. The normalized spacial score (nSPS) is 17.9. The van der Waals surface area contributed by atoms with Gasteiger partial charge in [-0.1, -0.05) is 6.07 Å². The van der Waals surface area contributed by atoms with E-state index in [2.05, 4.69) is 0 Å². The second-order valence-electron chi connectivity index (χ2n) is 6.62. The fraction of sp³-hybridized carbons (Fsp3) is 0.0909. The average Bonchev–Trinajstić information content (AvgIpc) is 3.35. The highest BCUT2D eigenvalue weighted by Crippen LogP contribution is 2.45. The van der Waals surface area contributed by atoms with E-state index in [1.807, 2.05) is 0 Å². The van der Waals surface area contributed by atoms with Crippen molar-refractivity contribution in [3.05, 3.63) is 87.4 Å². The van der Waals surface area contributed by atoms with Crippen LogP contribution in [-0.4, -0.2) is 23.9 Å². The van der Waals surface area contributed by atoms with E-state index in [-0.39, 0.29) is 22.6 Å². The molecule has 5 nitrogen and oxygen atoms in total. The van der Waals surface area contributed by atoms with Crippen LogP contribution in [-0.2, 0) is 9.59 Å². The number of carbonyl (C=O) groups is 2. The first kappa shape index (κ1) is 20.7. The summed E-state index contributed by atoms with van der Waals surface area (Å²) in [4.78, 5) is 27.1. The summed E-state index contributed by atoms with van der Waals surface area (Å²) in [6.45, 7) is 0. The fourth-order valence-corrected chi connectivity index (χ4v) is 4.31. The predicted molar refractivity (Wildman–Crippen MR) is 108 cm³/mol. The number of ether oxygens (including phenoxy) is 1. The van der Waals surface area contributed by atoms with Gasteiger partial charge in [0.05, 0.1) is 23.9 Å². The number of carbonyl (C=O) groups excluding carboxylic acids is 2. The second-order valence-corrected chi connectivity index (χ2v) is 7.60. The van der Waals surface area contributed by atoms with Crippen molar-refractivity contribution in [2.75, 3.05) is 12.0 Å². The van der Waals surface area contributed by atoms with Crippen LogP contribution in [0.3, 0.4) is 0 Å². The molecule has 1 saturated heterocycles. The number of aliphatic hydroxyl groups excluding tert-OH is 1. The molecule has 158 valence electrons. The van der Waals surface area contributed by atoms with Gasteiger partial charge in [0.15, 0.2) is 0 Å². The largest absolute Gasteiger partial charge is 0.507 e. The summed E-state index contributed by atoms with van der Waals surface area (Å²) < 4.78 is 47.0. The van der Waals surface area contributed by atoms with Crippen molar-refractivity contribution in [1.82, 2.24) is 0 Å². The third kappa shape index (κ3) is 3.46. The molecule has 1 unspecified atom stereocenters. The number of methoxy groups -OCH3 is 1. The first-order chi connectivity index (χ1) is 14.8. The molecule has 4 rings (SSSR count). The van der Waals surface area contributed by atoms with Gasteiger partial charge in [0.2, 0.25) is 0 Å². The lowest BCUT2D eigenvalue weighted by Gasteiger charge is -2.24. The molecule has 0 radical (unpaired) electrons. The first-order valence-electron chi connectivity index (χ1n) is 8.97. The molecule has 1 aromatic heterocycles. The summed E-state index contributed by atoms with van der Waals surface area (Å²) in [5.74, 6) is -5.40. The Bertz CT molecular complexity index is 1220. The Labute approximate surface area is 178 Å². The smallest absolute Gasteiger partial charge is 0.300 e. The molecule has 0 bridgehead atoms. The van der Waals surface area contributed by atoms with Gasteiger partial charge in [-0.15, -0.1) is 11.3 Å². The highest BCUT2D eigenvalue weighted by atomic mass is 32.1. The highest BCUT2D eigenvalue weighted by molar-refractivity contribution is 7.10. The van der Waals surface area contributed by atoms with Crippen LogP contribution in [0.5, 0.6) is 5.75 Å². The van der Waals surface area contributed by atoms with E-state index in [0.29, 0.717) is 10.9 Å². The van der Waals surface area contributed by atoms with Crippen LogP contribution in [0.1, 0.15) is 16.5 Å². The van der Waals surface area contributed by atoms with E-state index in [4.69, 9.17) is 4.74 Å². The van der Waals surface area contributed by atoms with Gasteiger partial charge in [0.1, 0.15) is 35.0 Å². The lowest BCUT2D eigenvalue weighted by atomic mass is 9.99. The minimum atomic E-state index is -1.20. The molecular weight excluding hydrogens is 431 g/mol. The predicted octanol–water partition coefficient (Wildman–Crippen LogP) is 4.80. The molecule has 31 heavy (non-hydrogen) atoms. The number of amides is 1. The molecular formula is C22H14F3NO4S. The zero-order chi connectivity index (χ0) is 22.3. The molecule has 1 aliphatic rings. The van der Waals surface area contributed by atoms with Gasteiger partial charge in [0.25, 0.3) is 11.7 Å². The molecule has 0 spiro atoms. The number of halogens is 3. The highest BCUT2D eigenvalue weighted by Gasteiger charge is 2.48. The molecule has 0 aliphatic carbocycles. The molecule has 2 heterocycles. The maximum atomic E-state index is 14.6. The van der Waals surface area contributed by atoms with Crippen LogP contribution >= 0.6 is 11.3 Å². The van der Waals surface area contributed by atoms with Crippen LogP contribution in [0.2, 0.25) is 0 Å². The Balaban J connectivity index is 1.98. The van der Waals surface area contributed by atoms with E-state index < -0.39 is 40.9 Å². The van der Waals surface area contributed by atoms with E-state index >= 15 is 0 Å². The third-order valence-electron chi connectivity index (χ3n) is 4.84. The van der Waals surface area contributed by atoms with Crippen molar-refractivity contribution in [2.45, 2.75) is 6.04 Å². The number of ketones is 1. The number of benzene rings is 2. The molecule has 0 saturated carbocycles. The lowest BCUT2D eigenvalue weighted by Crippen LogP contribution is -2.30. The van der Waals surface area contributed by atoms with Crippen LogP contribution in [0.25, 0.3) is 5.76 Å². The zero-order valence-corrected chi connectivity index (χ0v) is 16.8. The number of rotatable bonds is 4. The molecule has 2 aromatic carbocycles. The fourth-order valence-electron chi connectivity index (χ4n) is 3.48. The minimum absolute atomic E-state index is 0.0722. The van der Waals surface area contributed by atoms with Gasteiger partial charge < -0.3 is 9.84 Å². The lowest BCUT2D eigenvalue weighted by molar-refractivity contribution is -0.132.